The molecule has 114 valence electrons. The Morgan fingerprint density at radius 1 is 1.29 bits per heavy atom. The summed E-state index contributed by atoms with van der Waals surface area (Å²) in [5.74, 6) is 0.209. The first-order chi connectivity index (χ1) is 10.3. The summed E-state index contributed by atoms with van der Waals surface area (Å²) in [5.41, 5.74) is 1.15. The molecule has 0 radical (unpaired) electrons. The molecule has 1 amide bonds. The number of hydrogen-bond donors (Lipinski definition) is 1. The predicted octanol–water partition coefficient (Wildman–Crippen LogP) is 2.46. The smallest absolute Gasteiger partial charge is 0.241 e. The molecule has 0 saturated carbocycles. The SMILES string of the molecule is CCC1NC(c2ccccc2)N(CC2CCCCO2)C1=O. The van der Waals surface area contributed by atoms with E-state index in [1.807, 2.05) is 23.1 Å². The second kappa shape index (κ2) is 6.58. The summed E-state index contributed by atoms with van der Waals surface area (Å²) in [6.45, 7) is 3.58. The maximum absolute atomic E-state index is 12.6. The second-order valence-corrected chi connectivity index (χ2v) is 5.92. The van der Waals surface area contributed by atoms with Crippen molar-refractivity contribution in [3.63, 3.8) is 0 Å². The van der Waals surface area contributed by atoms with E-state index in [9.17, 15) is 4.79 Å². The van der Waals surface area contributed by atoms with Crippen LogP contribution in [0.25, 0.3) is 0 Å². The molecule has 4 nitrogen and oxygen atoms in total. The van der Waals surface area contributed by atoms with Crippen LogP contribution in [0.4, 0.5) is 0 Å². The van der Waals surface area contributed by atoms with Crippen molar-refractivity contribution >= 4 is 5.91 Å². The molecular weight excluding hydrogens is 264 g/mol. The van der Waals surface area contributed by atoms with Crippen LogP contribution in [0, 0.1) is 0 Å². The molecule has 2 aliphatic heterocycles. The summed E-state index contributed by atoms with van der Waals surface area (Å²) < 4.78 is 5.82. The fraction of sp³-hybridized carbons (Fsp3) is 0.588. The van der Waals surface area contributed by atoms with Crippen molar-refractivity contribution in [1.82, 2.24) is 10.2 Å². The van der Waals surface area contributed by atoms with Crippen LogP contribution in [0.1, 0.15) is 44.3 Å². The third kappa shape index (κ3) is 3.11. The van der Waals surface area contributed by atoms with E-state index in [1.165, 1.54) is 6.42 Å². The number of nitrogens with one attached hydrogen (secondary N) is 1. The monoisotopic (exact) mass is 288 g/mol. The van der Waals surface area contributed by atoms with Crippen LogP contribution in [0.15, 0.2) is 30.3 Å². The van der Waals surface area contributed by atoms with E-state index in [4.69, 9.17) is 4.74 Å². The van der Waals surface area contributed by atoms with Gasteiger partial charge in [0.1, 0.15) is 6.17 Å². The fourth-order valence-electron chi connectivity index (χ4n) is 3.25. The van der Waals surface area contributed by atoms with Crippen LogP contribution < -0.4 is 5.32 Å². The lowest BCUT2D eigenvalue weighted by Crippen LogP contribution is -2.39. The minimum Gasteiger partial charge on any atom is -0.376 e. The maximum Gasteiger partial charge on any atom is 0.241 e. The number of carbonyl (C=O) groups excluding carboxylic acids is 1. The van der Waals surface area contributed by atoms with E-state index in [0.717, 1.165) is 31.4 Å². The topological polar surface area (TPSA) is 41.6 Å². The largest absolute Gasteiger partial charge is 0.376 e. The first kappa shape index (κ1) is 14.5. The lowest BCUT2D eigenvalue weighted by Gasteiger charge is -2.31. The Morgan fingerprint density at radius 2 is 2.10 bits per heavy atom. The molecule has 2 fully saturated rings. The molecule has 1 N–H and O–H groups in total. The van der Waals surface area contributed by atoms with Crippen LogP contribution in [-0.2, 0) is 9.53 Å². The van der Waals surface area contributed by atoms with Gasteiger partial charge in [-0.3, -0.25) is 10.1 Å². The van der Waals surface area contributed by atoms with Crippen molar-refractivity contribution in [2.75, 3.05) is 13.2 Å². The molecule has 3 unspecified atom stereocenters. The Bertz CT molecular complexity index is 471. The van der Waals surface area contributed by atoms with E-state index < -0.39 is 0 Å². The van der Waals surface area contributed by atoms with Crippen LogP contribution in [0.5, 0.6) is 0 Å². The molecule has 0 bridgehead atoms. The van der Waals surface area contributed by atoms with Crippen LogP contribution in [-0.4, -0.2) is 36.1 Å². The summed E-state index contributed by atoms with van der Waals surface area (Å²) in [6.07, 6.45) is 4.39. The van der Waals surface area contributed by atoms with Crippen molar-refractivity contribution in [2.45, 2.75) is 50.9 Å². The third-order valence-electron chi connectivity index (χ3n) is 4.45. The van der Waals surface area contributed by atoms with Gasteiger partial charge in [0.05, 0.1) is 12.1 Å². The van der Waals surface area contributed by atoms with E-state index in [-0.39, 0.29) is 24.2 Å². The highest BCUT2D eigenvalue weighted by Crippen LogP contribution is 2.28. The van der Waals surface area contributed by atoms with Gasteiger partial charge in [0.15, 0.2) is 0 Å². The zero-order valence-electron chi connectivity index (χ0n) is 12.6. The minimum absolute atomic E-state index is 0.0193. The third-order valence-corrected chi connectivity index (χ3v) is 4.45. The van der Waals surface area contributed by atoms with Gasteiger partial charge in [-0.2, -0.15) is 0 Å². The van der Waals surface area contributed by atoms with Crippen molar-refractivity contribution in [2.24, 2.45) is 0 Å². The van der Waals surface area contributed by atoms with E-state index in [0.29, 0.717) is 6.54 Å². The average Bonchev–Trinajstić information content (AvgIpc) is 2.86. The first-order valence-electron chi connectivity index (χ1n) is 8.02. The number of rotatable bonds is 4. The fourth-order valence-corrected chi connectivity index (χ4v) is 3.25. The summed E-state index contributed by atoms with van der Waals surface area (Å²) in [6, 6.07) is 10.1. The molecule has 21 heavy (non-hydrogen) atoms. The van der Waals surface area contributed by atoms with Gasteiger partial charge in [0.25, 0.3) is 0 Å². The maximum atomic E-state index is 12.6. The normalized spacial score (nSPS) is 29.9. The summed E-state index contributed by atoms with van der Waals surface area (Å²) >= 11 is 0. The highest BCUT2D eigenvalue weighted by Gasteiger charge is 2.39. The van der Waals surface area contributed by atoms with Gasteiger partial charge in [-0.25, -0.2) is 0 Å². The molecule has 0 aliphatic carbocycles. The average molecular weight is 288 g/mol. The van der Waals surface area contributed by atoms with Gasteiger partial charge < -0.3 is 9.64 Å². The summed E-state index contributed by atoms with van der Waals surface area (Å²) in [5, 5.41) is 3.47. The second-order valence-electron chi connectivity index (χ2n) is 5.92. The highest BCUT2D eigenvalue weighted by molar-refractivity contribution is 5.84. The van der Waals surface area contributed by atoms with Crippen LogP contribution in [0.3, 0.4) is 0 Å². The molecule has 2 saturated heterocycles. The van der Waals surface area contributed by atoms with E-state index >= 15 is 0 Å². The molecule has 2 heterocycles. The van der Waals surface area contributed by atoms with Gasteiger partial charge >= 0.3 is 0 Å². The van der Waals surface area contributed by atoms with Gasteiger partial charge in [-0.1, -0.05) is 37.3 Å². The van der Waals surface area contributed by atoms with Crippen LogP contribution >= 0.6 is 0 Å². The van der Waals surface area contributed by atoms with Crippen molar-refractivity contribution in [1.29, 1.82) is 0 Å². The molecule has 4 heteroatoms. The number of hydrogen-bond acceptors (Lipinski definition) is 3. The summed E-state index contributed by atoms with van der Waals surface area (Å²) in [7, 11) is 0. The number of amides is 1. The van der Waals surface area contributed by atoms with Crippen molar-refractivity contribution in [3.05, 3.63) is 35.9 Å². The first-order valence-corrected chi connectivity index (χ1v) is 8.02. The highest BCUT2D eigenvalue weighted by atomic mass is 16.5. The molecular formula is C17H24N2O2. The Kier molecular flexibility index (Phi) is 4.56. The Morgan fingerprint density at radius 3 is 2.76 bits per heavy atom. The van der Waals surface area contributed by atoms with Gasteiger partial charge in [-0.15, -0.1) is 0 Å². The predicted molar refractivity (Wildman–Crippen MR) is 81.7 cm³/mol. The van der Waals surface area contributed by atoms with E-state index in [2.05, 4.69) is 24.4 Å². The minimum atomic E-state index is -0.0706. The Balaban J connectivity index is 1.77. The molecule has 0 spiro atoms. The molecule has 1 aromatic carbocycles. The molecule has 3 atom stereocenters. The number of benzene rings is 1. The Labute approximate surface area is 126 Å². The summed E-state index contributed by atoms with van der Waals surface area (Å²) in [4.78, 5) is 14.6. The lowest BCUT2D eigenvalue weighted by atomic mass is 10.1. The molecule has 3 rings (SSSR count). The number of nitrogens with zero attached hydrogens (tertiary/aromatic N) is 1. The van der Waals surface area contributed by atoms with Gasteiger partial charge in [0, 0.05) is 13.2 Å². The molecule has 0 aromatic heterocycles. The van der Waals surface area contributed by atoms with Gasteiger partial charge in [0.2, 0.25) is 5.91 Å². The van der Waals surface area contributed by atoms with Gasteiger partial charge in [-0.05, 0) is 31.2 Å². The Hall–Kier alpha value is -1.39. The van der Waals surface area contributed by atoms with Crippen molar-refractivity contribution in [3.8, 4) is 0 Å². The number of carbonyl (C=O) groups is 1. The molecule has 1 aromatic rings. The standard InChI is InChI=1S/C17H24N2O2/c1-2-15-17(20)19(12-14-10-6-7-11-21-14)16(18-15)13-8-4-3-5-9-13/h3-5,8-9,14-16,18H,2,6-7,10-12H2,1H3. The zero-order valence-corrected chi connectivity index (χ0v) is 12.6. The quantitative estimate of drug-likeness (QED) is 0.925. The number of ether oxygens (including phenoxy) is 1. The zero-order chi connectivity index (χ0) is 14.7. The van der Waals surface area contributed by atoms with E-state index in [1.54, 1.807) is 0 Å². The van der Waals surface area contributed by atoms with Crippen molar-refractivity contribution < 1.29 is 9.53 Å². The van der Waals surface area contributed by atoms with Crippen LogP contribution in [0.2, 0.25) is 0 Å². The molecule has 2 aliphatic rings. The lowest BCUT2D eigenvalue weighted by molar-refractivity contribution is -0.132.